The van der Waals surface area contributed by atoms with Gasteiger partial charge in [0.05, 0.1) is 11.0 Å². The number of imidazole rings is 1. The number of halogens is 1. The molecule has 1 aromatic heterocycles. The molecule has 1 aliphatic carbocycles. The highest BCUT2D eigenvalue weighted by Gasteiger charge is 2.42. The number of fused-ring (bicyclic) bond motifs is 1. The predicted molar refractivity (Wildman–Crippen MR) is 74.6 cm³/mol. The van der Waals surface area contributed by atoms with E-state index in [1.165, 1.54) is 12.8 Å². The molecule has 5 heteroatoms. The molecule has 0 atom stereocenters. The van der Waals surface area contributed by atoms with Crippen LogP contribution in [-0.4, -0.2) is 20.6 Å². The third kappa shape index (κ3) is 1.89. The van der Waals surface area contributed by atoms with Gasteiger partial charge in [0.1, 0.15) is 0 Å². The zero-order valence-electron chi connectivity index (χ0n) is 9.61. The summed E-state index contributed by atoms with van der Waals surface area (Å²) in [7, 11) is 0. The van der Waals surface area contributed by atoms with Crippen molar-refractivity contribution in [1.29, 1.82) is 0 Å². The lowest BCUT2D eigenvalue weighted by Crippen LogP contribution is -2.15. The molecule has 0 unspecified atom stereocenters. The van der Waals surface area contributed by atoms with Crippen molar-refractivity contribution >= 4 is 40.3 Å². The lowest BCUT2D eigenvalue weighted by Gasteiger charge is -2.14. The summed E-state index contributed by atoms with van der Waals surface area (Å²) in [6.07, 6.45) is 4.68. The van der Waals surface area contributed by atoms with Gasteiger partial charge in [0.25, 0.3) is 0 Å². The summed E-state index contributed by atoms with van der Waals surface area (Å²) in [5.74, 6) is 0.586. The van der Waals surface area contributed by atoms with E-state index in [9.17, 15) is 0 Å². The Morgan fingerprint density at radius 3 is 2.94 bits per heavy atom. The fourth-order valence-corrected chi connectivity index (χ4v) is 3.07. The zero-order chi connectivity index (χ0) is 12.0. The van der Waals surface area contributed by atoms with Crippen LogP contribution < -0.4 is 5.73 Å². The molecule has 0 saturated heterocycles. The maximum Gasteiger partial charge on any atom is 0.201 e. The number of anilines is 1. The van der Waals surface area contributed by atoms with Gasteiger partial charge in [-0.25, -0.2) is 4.98 Å². The van der Waals surface area contributed by atoms with Gasteiger partial charge in [-0.3, -0.25) is 0 Å². The van der Waals surface area contributed by atoms with Crippen molar-refractivity contribution in [2.24, 2.45) is 0 Å². The van der Waals surface area contributed by atoms with Crippen molar-refractivity contribution in [2.75, 3.05) is 12.0 Å². The van der Waals surface area contributed by atoms with Crippen molar-refractivity contribution in [2.45, 2.75) is 24.1 Å². The first-order valence-electron chi connectivity index (χ1n) is 5.60. The first kappa shape index (κ1) is 11.2. The minimum atomic E-state index is 0.365. The van der Waals surface area contributed by atoms with Crippen LogP contribution in [0.3, 0.4) is 0 Å². The Hall–Kier alpha value is -0.870. The Morgan fingerprint density at radius 1 is 1.53 bits per heavy atom. The second-order valence-corrected chi connectivity index (χ2v) is 6.29. The summed E-state index contributed by atoms with van der Waals surface area (Å²) in [6, 6.07) is 5.71. The number of nitrogen functional groups attached to an aromatic ring is 1. The van der Waals surface area contributed by atoms with Gasteiger partial charge in [-0.1, -0.05) is 11.6 Å². The van der Waals surface area contributed by atoms with E-state index in [0.717, 1.165) is 22.6 Å². The Balaban J connectivity index is 2.08. The molecular formula is C12H14ClN3S. The third-order valence-electron chi connectivity index (χ3n) is 3.43. The number of thioether (sulfide) groups is 1. The first-order chi connectivity index (χ1) is 8.13. The van der Waals surface area contributed by atoms with Crippen LogP contribution in [0.1, 0.15) is 12.8 Å². The van der Waals surface area contributed by atoms with Gasteiger partial charge in [-0.05, 0) is 37.3 Å². The number of aromatic nitrogens is 2. The highest BCUT2D eigenvalue weighted by atomic mass is 35.5. The molecule has 0 spiro atoms. The van der Waals surface area contributed by atoms with E-state index in [2.05, 4.69) is 15.8 Å². The molecule has 0 aliphatic heterocycles. The summed E-state index contributed by atoms with van der Waals surface area (Å²) in [6.45, 7) is 0.927. The fourth-order valence-electron chi connectivity index (χ4n) is 2.14. The third-order valence-corrected chi connectivity index (χ3v) is 5.07. The van der Waals surface area contributed by atoms with Gasteiger partial charge in [0.2, 0.25) is 5.95 Å². The highest BCUT2D eigenvalue weighted by Crippen LogP contribution is 2.49. The summed E-state index contributed by atoms with van der Waals surface area (Å²) in [5.41, 5.74) is 7.95. The number of nitrogens with two attached hydrogens (primary N) is 1. The Kier molecular flexibility index (Phi) is 2.52. The van der Waals surface area contributed by atoms with Crippen LogP contribution in [0.5, 0.6) is 0 Å². The smallest absolute Gasteiger partial charge is 0.201 e. The van der Waals surface area contributed by atoms with E-state index in [1.807, 2.05) is 30.0 Å². The number of hydrogen-bond donors (Lipinski definition) is 1. The van der Waals surface area contributed by atoms with Crippen LogP contribution in [0.2, 0.25) is 5.02 Å². The van der Waals surface area contributed by atoms with E-state index in [1.54, 1.807) is 0 Å². The molecule has 2 aromatic rings. The summed E-state index contributed by atoms with van der Waals surface area (Å²) < 4.78 is 2.45. The molecule has 1 heterocycles. The maximum atomic E-state index is 6.03. The van der Waals surface area contributed by atoms with E-state index in [4.69, 9.17) is 17.3 Å². The van der Waals surface area contributed by atoms with Gasteiger partial charge in [-0.15, -0.1) is 0 Å². The van der Waals surface area contributed by atoms with Gasteiger partial charge in [-0.2, -0.15) is 11.8 Å². The molecular weight excluding hydrogens is 254 g/mol. The molecule has 90 valence electrons. The fraction of sp³-hybridized carbons (Fsp3) is 0.417. The molecule has 0 bridgehead atoms. The standard InChI is InChI=1S/C12H14ClN3S/c1-17-12(4-5-12)7-16-10-6-8(13)2-3-9(10)15-11(16)14/h2-3,6H,4-5,7H2,1H3,(H2,14,15). The summed E-state index contributed by atoms with van der Waals surface area (Å²) in [5, 5.41) is 0.729. The molecule has 3 nitrogen and oxygen atoms in total. The molecule has 1 aliphatic rings. The van der Waals surface area contributed by atoms with E-state index >= 15 is 0 Å². The van der Waals surface area contributed by atoms with Crippen molar-refractivity contribution in [3.05, 3.63) is 23.2 Å². The molecule has 0 radical (unpaired) electrons. The van der Waals surface area contributed by atoms with Crippen molar-refractivity contribution in [3.63, 3.8) is 0 Å². The monoisotopic (exact) mass is 267 g/mol. The molecule has 3 rings (SSSR count). The maximum absolute atomic E-state index is 6.03. The lowest BCUT2D eigenvalue weighted by molar-refractivity contribution is 0.687. The number of nitrogens with zero attached hydrogens (tertiary/aromatic N) is 2. The Bertz CT molecular complexity index is 574. The van der Waals surface area contributed by atoms with Crippen LogP contribution >= 0.6 is 23.4 Å². The highest BCUT2D eigenvalue weighted by molar-refractivity contribution is 8.00. The van der Waals surface area contributed by atoms with Crippen LogP contribution in [-0.2, 0) is 6.54 Å². The second-order valence-electron chi connectivity index (χ2n) is 4.58. The molecule has 1 fully saturated rings. The van der Waals surface area contributed by atoms with Gasteiger partial charge in [0.15, 0.2) is 0 Å². The number of hydrogen-bond acceptors (Lipinski definition) is 3. The van der Waals surface area contributed by atoms with Crippen molar-refractivity contribution in [1.82, 2.24) is 9.55 Å². The van der Waals surface area contributed by atoms with Crippen molar-refractivity contribution in [3.8, 4) is 0 Å². The predicted octanol–water partition coefficient (Wildman–Crippen LogP) is 3.17. The average Bonchev–Trinajstić information content (AvgIpc) is 3.03. The van der Waals surface area contributed by atoms with E-state index in [-0.39, 0.29) is 0 Å². The quantitative estimate of drug-likeness (QED) is 0.929. The largest absolute Gasteiger partial charge is 0.369 e. The van der Waals surface area contributed by atoms with Crippen LogP contribution in [0.15, 0.2) is 18.2 Å². The minimum absolute atomic E-state index is 0.365. The molecule has 1 aromatic carbocycles. The molecule has 1 saturated carbocycles. The first-order valence-corrected chi connectivity index (χ1v) is 7.20. The summed E-state index contributed by atoms with van der Waals surface area (Å²) in [4.78, 5) is 4.37. The normalized spacial score (nSPS) is 17.5. The summed E-state index contributed by atoms with van der Waals surface area (Å²) >= 11 is 7.95. The Labute approximate surface area is 109 Å². The van der Waals surface area contributed by atoms with Gasteiger partial charge in [0, 0.05) is 16.3 Å². The average molecular weight is 268 g/mol. The number of benzene rings is 1. The molecule has 0 amide bonds. The van der Waals surface area contributed by atoms with Crippen LogP contribution in [0, 0.1) is 0 Å². The lowest BCUT2D eigenvalue weighted by atomic mass is 10.3. The minimum Gasteiger partial charge on any atom is -0.369 e. The molecule has 17 heavy (non-hydrogen) atoms. The van der Waals surface area contributed by atoms with Gasteiger partial charge < -0.3 is 10.3 Å². The second kappa shape index (κ2) is 3.82. The van der Waals surface area contributed by atoms with Crippen LogP contribution in [0.25, 0.3) is 11.0 Å². The molecule has 2 N–H and O–H groups in total. The van der Waals surface area contributed by atoms with Crippen molar-refractivity contribution < 1.29 is 0 Å². The van der Waals surface area contributed by atoms with E-state index < -0.39 is 0 Å². The SMILES string of the molecule is CSC1(Cn2c(N)nc3ccc(Cl)cc32)CC1. The zero-order valence-corrected chi connectivity index (χ0v) is 11.2. The van der Waals surface area contributed by atoms with Gasteiger partial charge >= 0.3 is 0 Å². The Morgan fingerprint density at radius 2 is 2.29 bits per heavy atom. The van der Waals surface area contributed by atoms with Crippen LogP contribution in [0.4, 0.5) is 5.95 Å². The van der Waals surface area contributed by atoms with E-state index in [0.29, 0.717) is 10.7 Å². The topological polar surface area (TPSA) is 43.8 Å². The number of rotatable bonds is 3.